The number of amides is 1. The molecule has 1 aromatic carbocycles. The van der Waals surface area contributed by atoms with Gasteiger partial charge in [0.15, 0.2) is 0 Å². The van der Waals surface area contributed by atoms with Crippen LogP contribution in [0.5, 0.6) is 0 Å². The quantitative estimate of drug-likeness (QED) is 0.832. The second kappa shape index (κ2) is 6.61. The standard InChI is InChI=1S/C18H27NO2/c1-14(13-15-9-6-5-7-10-15)17(20)19-12-8-11-16(19)18(2,3)21-4/h5-7,9-10,14,16H,8,11-13H2,1-4H3/t14-,16-/m0/s1. The van der Waals surface area contributed by atoms with Gasteiger partial charge < -0.3 is 9.64 Å². The van der Waals surface area contributed by atoms with Gasteiger partial charge in [0.05, 0.1) is 11.6 Å². The summed E-state index contributed by atoms with van der Waals surface area (Å²) in [6.07, 6.45) is 2.90. The highest BCUT2D eigenvalue weighted by Gasteiger charge is 2.40. The number of hydrogen-bond acceptors (Lipinski definition) is 2. The third kappa shape index (κ3) is 3.65. The van der Waals surface area contributed by atoms with Crippen molar-refractivity contribution in [3.63, 3.8) is 0 Å². The molecule has 2 atom stereocenters. The van der Waals surface area contributed by atoms with Gasteiger partial charge in [0, 0.05) is 19.6 Å². The zero-order valence-electron chi connectivity index (χ0n) is 13.6. The first-order chi connectivity index (χ1) is 9.95. The number of carbonyl (C=O) groups is 1. The minimum absolute atomic E-state index is 0.0145. The fourth-order valence-corrected chi connectivity index (χ4v) is 3.23. The molecule has 3 heteroatoms. The molecule has 3 nitrogen and oxygen atoms in total. The van der Waals surface area contributed by atoms with Crippen molar-refractivity contribution in [2.45, 2.75) is 51.7 Å². The summed E-state index contributed by atoms with van der Waals surface area (Å²) in [6.45, 7) is 7.04. The van der Waals surface area contributed by atoms with Crippen LogP contribution in [0.25, 0.3) is 0 Å². The van der Waals surface area contributed by atoms with E-state index in [0.29, 0.717) is 0 Å². The van der Waals surface area contributed by atoms with Crippen LogP contribution in [0.2, 0.25) is 0 Å². The van der Waals surface area contributed by atoms with Crippen molar-refractivity contribution >= 4 is 5.91 Å². The fraction of sp³-hybridized carbons (Fsp3) is 0.611. The van der Waals surface area contributed by atoms with Gasteiger partial charge in [-0.1, -0.05) is 37.3 Å². The van der Waals surface area contributed by atoms with Crippen molar-refractivity contribution in [2.75, 3.05) is 13.7 Å². The Kier molecular flexibility index (Phi) is 5.04. The molecular formula is C18H27NO2. The Morgan fingerprint density at radius 2 is 2.05 bits per heavy atom. The third-order valence-electron chi connectivity index (χ3n) is 4.67. The lowest BCUT2D eigenvalue weighted by Crippen LogP contribution is -2.50. The molecule has 0 aliphatic carbocycles. The van der Waals surface area contributed by atoms with E-state index in [9.17, 15) is 4.79 Å². The number of methoxy groups -OCH3 is 1. The number of carbonyl (C=O) groups excluding carboxylic acids is 1. The van der Waals surface area contributed by atoms with Gasteiger partial charge in [0.1, 0.15) is 0 Å². The highest BCUT2D eigenvalue weighted by molar-refractivity contribution is 5.79. The molecule has 2 rings (SSSR count). The van der Waals surface area contributed by atoms with Gasteiger partial charge in [-0.25, -0.2) is 0 Å². The Morgan fingerprint density at radius 3 is 2.67 bits per heavy atom. The molecule has 0 aromatic heterocycles. The number of benzene rings is 1. The van der Waals surface area contributed by atoms with E-state index in [2.05, 4.69) is 26.0 Å². The molecule has 1 saturated heterocycles. The Morgan fingerprint density at radius 1 is 1.38 bits per heavy atom. The molecule has 0 unspecified atom stereocenters. The van der Waals surface area contributed by atoms with Crippen molar-refractivity contribution < 1.29 is 9.53 Å². The lowest BCUT2D eigenvalue weighted by atomic mass is 9.94. The van der Waals surface area contributed by atoms with Gasteiger partial charge >= 0.3 is 0 Å². The monoisotopic (exact) mass is 289 g/mol. The van der Waals surface area contributed by atoms with Crippen molar-refractivity contribution in [3.05, 3.63) is 35.9 Å². The summed E-state index contributed by atoms with van der Waals surface area (Å²) in [4.78, 5) is 14.8. The Bertz CT molecular complexity index is 469. The van der Waals surface area contributed by atoms with Gasteiger partial charge in [0.2, 0.25) is 5.91 Å². The number of rotatable bonds is 5. The molecule has 1 aromatic rings. The molecule has 0 radical (unpaired) electrons. The average Bonchev–Trinajstić information content (AvgIpc) is 2.97. The zero-order chi connectivity index (χ0) is 15.5. The van der Waals surface area contributed by atoms with Crippen LogP contribution in [0.3, 0.4) is 0 Å². The molecule has 1 heterocycles. The van der Waals surface area contributed by atoms with Gasteiger partial charge in [-0.05, 0) is 38.7 Å². The van der Waals surface area contributed by atoms with Crippen LogP contribution in [0, 0.1) is 5.92 Å². The first-order valence-electron chi connectivity index (χ1n) is 7.85. The SMILES string of the molecule is COC(C)(C)[C@@H]1CCCN1C(=O)[C@@H](C)Cc1ccccc1. The van der Waals surface area contributed by atoms with Crippen molar-refractivity contribution in [3.8, 4) is 0 Å². The van der Waals surface area contributed by atoms with Crippen LogP contribution in [0.1, 0.15) is 39.2 Å². The summed E-state index contributed by atoms with van der Waals surface area (Å²) in [5, 5.41) is 0. The fourth-order valence-electron chi connectivity index (χ4n) is 3.23. The molecule has 1 aliphatic rings. The number of ether oxygens (including phenoxy) is 1. The van der Waals surface area contributed by atoms with Crippen LogP contribution in [0.4, 0.5) is 0 Å². The molecule has 0 N–H and O–H groups in total. The number of likely N-dealkylation sites (tertiary alicyclic amines) is 1. The van der Waals surface area contributed by atoms with E-state index in [-0.39, 0.29) is 23.5 Å². The second-order valence-corrected chi connectivity index (χ2v) is 6.59. The molecule has 116 valence electrons. The summed E-state index contributed by atoms with van der Waals surface area (Å²) < 4.78 is 5.61. The smallest absolute Gasteiger partial charge is 0.226 e. The maximum absolute atomic E-state index is 12.8. The minimum Gasteiger partial charge on any atom is -0.377 e. The molecule has 1 amide bonds. The van der Waals surface area contributed by atoms with Crippen LogP contribution in [-0.4, -0.2) is 36.1 Å². The van der Waals surface area contributed by atoms with E-state index in [1.165, 1.54) is 5.56 Å². The van der Waals surface area contributed by atoms with Crippen molar-refractivity contribution in [1.29, 1.82) is 0 Å². The van der Waals surface area contributed by atoms with E-state index >= 15 is 0 Å². The first-order valence-corrected chi connectivity index (χ1v) is 7.85. The summed E-state index contributed by atoms with van der Waals surface area (Å²) >= 11 is 0. The van der Waals surface area contributed by atoms with E-state index in [1.807, 2.05) is 30.0 Å². The molecule has 1 aliphatic heterocycles. The van der Waals surface area contributed by atoms with Crippen LogP contribution < -0.4 is 0 Å². The normalized spacial score (nSPS) is 20.6. The molecule has 1 fully saturated rings. The highest BCUT2D eigenvalue weighted by Crippen LogP contribution is 2.30. The van der Waals surface area contributed by atoms with E-state index in [1.54, 1.807) is 7.11 Å². The Balaban J connectivity index is 2.04. The summed E-state index contributed by atoms with van der Waals surface area (Å²) in [6, 6.07) is 10.4. The summed E-state index contributed by atoms with van der Waals surface area (Å²) in [5.41, 5.74) is 0.943. The molecule has 21 heavy (non-hydrogen) atoms. The molecule has 0 spiro atoms. The molecular weight excluding hydrogens is 262 g/mol. The Labute approximate surface area is 128 Å². The van der Waals surface area contributed by atoms with Gasteiger partial charge in [-0.2, -0.15) is 0 Å². The average molecular weight is 289 g/mol. The van der Waals surface area contributed by atoms with Crippen molar-refractivity contribution in [2.24, 2.45) is 5.92 Å². The zero-order valence-corrected chi connectivity index (χ0v) is 13.6. The summed E-state index contributed by atoms with van der Waals surface area (Å²) in [5.74, 6) is 0.270. The van der Waals surface area contributed by atoms with Crippen molar-refractivity contribution in [1.82, 2.24) is 4.90 Å². The predicted molar refractivity (Wildman–Crippen MR) is 85.1 cm³/mol. The summed E-state index contributed by atoms with van der Waals surface area (Å²) in [7, 11) is 1.73. The van der Waals surface area contributed by atoms with Crippen LogP contribution in [0.15, 0.2) is 30.3 Å². The Hall–Kier alpha value is -1.35. The second-order valence-electron chi connectivity index (χ2n) is 6.59. The third-order valence-corrected chi connectivity index (χ3v) is 4.67. The highest BCUT2D eigenvalue weighted by atomic mass is 16.5. The van der Waals surface area contributed by atoms with E-state index < -0.39 is 0 Å². The van der Waals surface area contributed by atoms with Gasteiger partial charge in [-0.15, -0.1) is 0 Å². The lowest BCUT2D eigenvalue weighted by Gasteiger charge is -2.37. The minimum atomic E-state index is -0.279. The number of nitrogens with zero attached hydrogens (tertiary/aromatic N) is 1. The van der Waals surface area contributed by atoms with Crippen LogP contribution in [-0.2, 0) is 16.0 Å². The maximum atomic E-state index is 12.8. The number of hydrogen-bond donors (Lipinski definition) is 0. The largest absolute Gasteiger partial charge is 0.377 e. The predicted octanol–water partition coefficient (Wildman–Crippen LogP) is 3.28. The van der Waals surface area contributed by atoms with E-state index in [4.69, 9.17) is 4.74 Å². The van der Waals surface area contributed by atoms with Gasteiger partial charge in [-0.3, -0.25) is 4.79 Å². The lowest BCUT2D eigenvalue weighted by molar-refractivity contribution is -0.141. The molecule has 0 saturated carbocycles. The van der Waals surface area contributed by atoms with Crippen LogP contribution >= 0.6 is 0 Å². The first kappa shape index (κ1) is 16.0. The van der Waals surface area contributed by atoms with E-state index in [0.717, 1.165) is 25.8 Å². The maximum Gasteiger partial charge on any atom is 0.226 e. The van der Waals surface area contributed by atoms with Gasteiger partial charge in [0.25, 0.3) is 0 Å². The topological polar surface area (TPSA) is 29.5 Å². The molecule has 0 bridgehead atoms.